The molecule has 2 aliphatic rings. The Morgan fingerprint density at radius 2 is 2.21 bits per heavy atom. The van der Waals surface area contributed by atoms with E-state index in [1.165, 1.54) is 0 Å². The summed E-state index contributed by atoms with van der Waals surface area (Å²) in [5.41, 5.74) is 0.978. The molecule has 1 aliphatic carbocycles. The average Bonchev–Trinajstić information content (AvgIpc) is 3.02. The number of halogens is 1. The molecule has 1 spiro atoms. The van der Waals surface area contributed by atoms with Crippen molar-refractivity contribution in [1.29, 1.82) is 0 Å². The van der Waals surface area contributed by atoms with E-state index in [9.17, 15) is 4.79 Å². The number of rotatable bonds is 2. The van der Waals surface area contributed by atoms with Gasteiger partial charge in [0.15, 0.2) is 0 Å². The van der Waals surface area contributed by atoms with Crippen molar-refractivity contribution in [3.05, 3.63) is 16.9 Å². The van der Waals surface area contributed by atoms with Gasteiger partial charge in [0.05, 0.1) is 0 Å². The number of nitrogens with zero attached hydrogens (tertiary/aromatic N) is 2. The van der Waals surface area contributed by atoms with Crippen LogP contribution in [-0.4, -0.2) is 29.0 Å². The van der Waals surface area contributed by atoms with Crippen molar-refractivity contribution in [1.82, 2.24) is 15.3 Å². The molecule has 2 N–H and O–H groups in total. The Labute approximate surface area is 117 Å². The minimum atomic E-state index is 0.0311. The first-order chi connectivity index (χ1) is 9.09. The second kappa shape index (κ2) is 4.72. The van der Waals surface area contributed by atoms with Gasteiger partial charge in [0, 0.05) is 11.6 Å². The Morgan fingerprint density at radius 3 is 2.89 bits per heavy atom. The van der Waals surface area contributed by atoms with E-state index >= 15 is 0 Å². The first kappa shape index (κ1) is 12.8. The third kappa shape index (κ3) is 2.58. The van der Waals surface area contributed by atoms with Gasteiger partial charge in [-0.1, -0.05) is 11.6 Å². The van der Waals surface area contributed by atoms with Crippen LogP contribution in [0.25, 0.3) is 0 Å². The molecule has 2 fully saturated rings. The van der Waals surface area contributed by atoms with Crippen LogP contribution in [0.4, 0.5) is 5.95 Å². The predicted octanol–water partition coefficient (Wildman–Crippen LogP) is 1.77. The summed E-state index contributed by atoms with van der Waals surface area (Å²) in [5.74, 6) is 0.451. The molecule has 1 aliphatic heterocycles. The molecule has 1 saturated carbocycles. The van der Waals surface area contributed by atoms with E-state index in [0.29, 0.717) is 11.1 Å². The zero-order valence-electron chi connectivity index (χ0n) is 10.9. The number of carbonyl (C=O) groups excluding carboxylic acids is 1. The van der Waals surface area contributed by atoms with E-state index in [4.69, 9.17) is 11.6 Å². The van der Waals surface area contributed by atoms with Gasteiger partial charge in [0.1, 0.15) is 5.15 Å². The zero-order valence-corrected chi connectivity index (χ0v) is 11.6. The zero-order chi connectivity index (χ0) is 13.5. The number of aryl methyl sites for hydroxylation is 1. The van der Waals surface area contributed by atoms with Crippen molar-refractivity contribution < 1.29 is 4.79 Å². The SMILES string of the molecule is Cc1cc(Cl)nc(NC(=O)C2CC23CCNCC3)n1. The molecule has 0 radical (unpaired) electrons. The fraction of sp³-hybridized carbons (Fsp3) is 0.615. The fourth-order valence-corrected chi connectivity index (χ4v) is 3.22. The van der Waals surface area contributed by atoms with Gasteiger partial charge in [-0.3, -0.25) is 10.1 Å². The minimum absolute atomic E-state index is 0.0311. The van der Waals surface area contributed by atoms with E-state index in [1.54, 1.807) is 6.07 Å². The van der Waals surface area contributed by atoms with Crippen LogP contribution in [0.2, 0.25) is 5.15 Å². The molecule has 19 heavy (non-hydrogen) atoms. The van der Waals surface area contributed by atoms with Gasteiger partial charge in [-0.15, -0.1) is 0 Å². The molecule has 2 heterocycles. The molecule has 1 amide bonds. The number of nitrogens with one attached hydrogen (secondary N) is 2. The van der Waals surface area contributed by atoms with Crippen LogP contribution in [0.3, 0.4) is 0 Å². The van der Waals surface area contributed by atoms with Crippen molar-refractivity contribution in [2.75, 3.05) is 18.4 Å². The standard InChI is InChI=1S/C13H17ClN4O/c1-8-6-10(14)17-12(16-8)18-11(19)9-7-13(9)2-4-15-5-3-13/h6,9,15H,2-5,7H2,1H3,(H,16,17,18,19). The molecule has 0 bridgehead atoms. The number of amides is 1. The van der Waals surface area contributed by atoms with Crippen LogP contribution in [-0.2, 0) is 4.79 Å². The van der Waals surface area contributed by atoms with Crippen molar-refractivity contribution in [2.45, 2.75) is 26.2 Å². The number of aromatic nitrogens is 2. The highest BCUT2D eigenvalue weighted by molar-refractivity contribution is 6.29. The van der Waals surface area contributed by atoms with E-state index in [0.717, 1.165) is 38.0 Å². The van der Waals surface area contributed by atoms with Gasteiger partial charge >= 0.3 is 0 Å². The Kier molecular flexibility index (Phi) is 3.19. The monoisotopic (exact) mass is 280 g/mol. The van der Waals surface area contributed by atoms with Crippen molar-refractivity contribution in [2.24, 2.45) is 11.3 Å². The maximum Gasteiger partial charge on any atom is 0.231 e. The topological polar surface area (TPSA) is 66.9 Å². The van der Waals surface area contributed by atoms with Crippen LogP contribution >= 0.6 is 11.6 Å². The smallest absolute Gasteiger partial charge is 0.231 e. The molecule has 0 aromatic carbocycles. The van der Waals surface area contributed by atoms with Crippen molar-refractivity contribution in [3.63, 3.8) is 0 Å². The van der Waals surface area contributed by atoms with Crippen molar-refractivity contribution in [3.8, 4) is 0 Å². The lowest BCUT2D eigenvalue weighted by Gasteiger charge is -2.23. The molecule has 5 nitrogen and oxygen atoms in total. The highest BCUT2D eigenvalue weighted by Crippen LogP contribution is 2.58. The van der Waals surface area contributed by atoms with E-state index in [2.05, 4.69) is 20.6 Å². The van der Waals surface area contributed by atoms with Crippen LogP contribution in [0, 0.1) is 18.3 Å². The summed E-state index contributed by atoms with van der Waals surface area (Å²) in [6, 6.07) is 1.67. The molecule has 1 unspecified atom stereocenters. The highest BCUT2D eigenvalue weighted by atomic mass is 35.5. The third-order valence-electron chi connectivity index (χ3n) is 4.16. The van der Waals surface area contributed by atoms with Crippen LogP contribution in [0.15, 0.2) is 6.07 Å². The lowest BCUT2D eigenvalue weighted by molar-refractivity contribution is -0.118. The maximum absolute atomic E-state index is 12.2. The lowest BCUT2D eigenvalue weighted by Crippen LogP contribution is -2.31. The Balaban J connectivity index is 1.66. The second-order valence-electron chi connectivity index (χ2n) is 5.51. The Hall–Kier alpha value is -1.20. The summed E-state index contributed by atoms with van der Waals surface area (Å²) in [6.07, 6.45) is 3.15. The highest BCUT2D eigenvalue weighted by Gasteiger charge is 2.57. The van der Waals surface area contributed by atoms with Gasteiger partial charge < -0.3 is 5.32 Å². The number of piperidine rings is 1. The number of hydrogen-bond acceptors (Lipinski definition) is 4. The molecule has 1 aromatic rings. The number of carbonyl (C=O) groups is 1. The third-order valence-corrected chi connectivity index (χ3v) is 4.36. The van der Waals surface area contributed by atoms with E-state index in [1.807, 2.05) is 6.92 Å². The average molecular weight is 281 g/mol. The van der Waals surface area contributed by atoms with Crippen LogP contribution < -0.4 is 10.6 Å². The van der Waals surface area contributed by atoms with Gasteiger partial charge in [-0.05, 0) is 50.8 Å². The molecule has 1 saturated heterocycles. The summed E-state index contributed by atoms with van der Waals surface area (Å²) in [6.45, 7) is 3.85. The molecule has 6 heteroatoms. The summed E-state index contributed by atoms with van der Waals surface area (Å²) < 4.78 is 0. The van der Waals surface area contributed by atoms with Gasteiger partial charge in [0.25, 0.3) is 0 Å². The quantitative estimate of drug-likeness (QED) is 0.810. The first-order valence-electron chi connectivity index (χ1n) is 6.62. The van der Waals surface area contributed by atoms with Gasteiger partial charge in [-0.25, -0.2) is 9.97 Å². The normalized spacial score (nSPS) is 24.2. The second-order valence-corrected chi connectivity index (χ2v) is 5.90. The fourth-order valence-electron chi connectivity index (χ4n) is 2.98. The van der Waals surface area contributed by atoms with Crippen LogP contribution in [0.5, 0.6) is 0 Å². The summed E-state index contributed by atoms with van der Waals surface area (Å²) >= 11 is 5.86. The Morgan fingerprint density at radius 1 is 1.47 bits per heavy atom. The minimum Gasteiger partial charge on any atom is -0.317 e. The van der Waals surface area contributed by atoms with Crippen LogP contribution in [0.1, 0.15) is 25.0 Å². The Bertz CT molecular complexity index is 493. The molecule has 3 rings (SSSR count). The molecule has 1 aromatic heterocycles. The van der Waals surface area contributed by atoms with Crippen molar-refractivity contribution >= 4 is 23.5 Å². The molecule has 1 atom stereocenters. The predicted molar refractivity (Wildman–Crippen MR) is 73.1 cm³/mol. The number of anilines is 1. The summed E-state index contributed by atoms with van der Waals surface area (Å²) in [4.78, 5) is 20.4. The maximum atomic E-state index is 12.2. The van der Waals surface area contributed by atoms with Gasteiger partial charge in [0.2, 0.25) is 11.9 Å². The van der Waals surface area contributed by atoms with Gasteiger partial charge in [-0.2, -0.15) is 0 Å². The molecular formula is C13H17ClN4O. The lowest BCUT2D eigenvalue weighted by atomic mass is 9.92. The molecular weight excluding hydrogens is 264 g/mol. The largest absolute Gasteiger partial charge is 0.317 e. The number of hydrogen-bond donors (Lipinski definition) is 2. The van der Waals surface area contributed by atoms with E-state index < -0.39 is 0 Å². The van der Waals surface area contributed by atoms with E-state index in [-0.39, 0.29) is 17.2 Å². The summed E-state index contributed by atoms with van der Waals surface area (Å²) in [5, 5.41) is 6.48. The summed E-state index contributed by atoms with van der Waals surface area (Å²) in [7, 11) is 0. The first-order valence-corrected chi connectivity index (χ1v) is 7.00. The molecule has 102 valence electrons.